The Hall–Kier alpha value is -0.730. The van der Waals surface area contributed by atoms with Crippen molar-refractivity contribution in [3.8, 4) is 0 Å². The number of fused-ring (bicyclic) bond motifs is 1. The van der Waals surface area contributed by atoms with Gasteiger partial charge in [-0.3, -0.25) is 0 Å². The number of benzene rings is 1. The maximum Gasteiger partial charge on any atom is 0.0426 e. The third-order valence-electron chi connectivity index (χ3n) is 3.45. The lowest BCUT2D eigenvalue weighted by molar-refractivity contribution is 0.510. The number of nitrogens with zero attached hydrogens (tertiary/aromatic N) is 1. The largest absolute Gasteiger partial charge is 0.371 e. The van der Waals surface area contributed by atoms with Crippen molar-refractivity contribution >= 4 is 17.3 Å². The molecule has 1 aliphatic rings. The van der Waals surface area contributed by atoms with Crippen molar-refractivity contribution in [3.05, 3.63) is 28.8 Å². The van der Waals surface area contributed by atoms with E-state index in [0.29, 0.717) is 6.04 Å². The summed E-state index contributed by atoms with van der Waals surface area (Å²) in [5.74, 6) is 0. The van der Waals surface area contributed by atoms with Gasteiger partial charge in [-0.1, -0.05) is 17.7 Å². The molecular formula is C13H19ClN2. The van der Waals surface area contributed by atoms with Crippen LogP contribution in [0.1, 0.15) is 18.4 Å². The molecule has 3 heteroatoms. The zero-order valence-corrected chi connectivity index (χ0v) is 10.7. The average molecular weight is 239 g/mol. The van der Waals surface area contributed by atoms with Crippen LogP contribution in [0.25, 0.3) is 0 Å². The molecule has 16 heavy (non-hydrogen) atoms. The molecule has 1 aromatic rings. The molecule has 0 radical (unpaired) electrons. The highest BCUT2D eigenvalue weighted by molar-refractivity contribution is 6.30. The number of hydrogen-bond donors (Lipinski definition) is 1. The summed E-state index contributed by atoms with van der Waals surface area (Å²) in [6.07, 6.45) is 3.61. The lowest BCUT2D eigenvalue weighted by atomic mass is 9.94. The van der Waals surface area contributed by atoms with Crippen LogP contribution in [0.2, 0.25) is 5.02 Å². The predicted octanol–water partition coefficient (Wildman–Crippen LogP) is 2.70. The van der Waals surface area contributed by atoms with Gasteiger partial charge in [-0.25, -0.2) is 0 Å². The van der Waals surface area contributed by atoms with Crippen molar-refractivity contribution in [2.24, 2.45) is 0 Å². The van der Waals surface area contributed by atoms with E-state index in [1.165, 1.54) is 30.5 Å². The molecule has 1 N–H and O–H groups in total. The minimum atomic E-state index is 0.637. The van der Waals surface area contributed by atoms with Crippen molar-refractivity contribution in [1.82, 2.24) is 5.32 Å². The van der Waals surface area contributed by atoms with E-state index in [-0.39, 0.29) is 0 Å². The number of aryl methyl sites for hydroxylation is 1. The molecule has 1 aliphatic heterocycles. The van der Waals surface area contributed by atoms with Gasteiger partial charge in [0.25, 0.3) is 0 Å². The molecule has 0 bridgehead atoms. The van der Waals surface area contributed by atoms with Crippen molar-refractivity contribution in [2.75, 3.05) is 25.5 Å². The lowest BCUT2D eigenvalue weighted by Gasteiger charge is -2.36. The third kappa shape index (κ3) is 2.33. The zero-order valence-electron chi connectivity index (χ0n) is 9.96. The van der Waals surface area contributed by atoms with Crippen LogP contribution in [0, 0.1) is 0 Å². The minimum Gasteiger partial charge on any atom is -0.371 e. The number of nitrogens with one attached hydrogen (secondary N) is 1. The lowest BCUT2D eigenvalue weighted by Crippen LogP contribution is -2.37. The second kappa shape index (κ2) is 5.07. The SMILES string of the molecule is CNCCC1CCc2ccc(Cl)cc2N1C. The summed E-state index contributed by atoms with van der Waals surface area (Å²) in [6, 6.07) is 6.87. The molecule has 88 valence electrons. The molecule has 1 unspecified atom stereocenters. The first-order valence-electron chi connectivity index (χ1n) is 5.88. The number of hydrogen-bond acceptors (Lipinski definition) is 2. The van der Waals surface area contributed by atoms with Crippen LogP contribution in [0.3, 0.4) is 0 Å². The van der Waals surface area contributed by atoms with Gasteiger partial charge in [-0.2, -0.15) is 0 Å². The van der Waals surface area contributed by atoms with Crippen molar-refractivity contribution < 1.29 is 0 Å². The second-order valence-electron chi connectivity index (χ2n) is 4.47. The fraction of sp³-hybridized carbons (Fsp3) is 0.538. The van der Waals surface area contributed by atoms with E-state index in [1.54, 1.807) is 0 Å². The van der Waals surface area contributed by atoms with Crippen LogP contribution < -0.4 is 10.2 Å². The molecule has 0 saturated heterocycles. The van der Waals surface area contributed by atoms with Crippen molar-refractivity contribution in [1.29, 1.82) is 0 Å². The number of halogens is 1. The number of rotatable bonds is 3. The maximum absolute atomic E-state index is 6.06. The first-order chi connectivity index (χ1) is 7.72. The molecular weight excluding hydrogens is 220 g/mol. The highest BCUT2D eigenvalue weighted by atomic mass is 35.5. The molecule has 2 nitrogen and oxygen atoms in total. The predicted molar refractivity (Wildman–Crippen MR) is 70.5 cm³/mol. The van der Waals surface area contributed by atoms with E-state index < -0.39 is 0 Å². The standard InChI is InChI=1S/C13H19ClN2/c1-15-8-7-12-6-4-10-3-5-11(14)9-13(10)16(12)2/h3,5,9,12,15H,4,6-8H2,1-2H3. The Morgan fingerprint density at radius 1 is 1.50 bits per heavy atom. The second-order valence-corrected chi connectivity index (χ2v) is 4.91. The zero-order chi connectivity index (χ0) is 11.5. The molecule has 1 atom stereocenters. The van der Waals surface area contributed by atoms with Gasteiger partial charge in [0.15, 0.2) is 0 Å². The Labute approximate surface area is 103 Å². The molecule has 0 aromatic heterocycles. The first kappa shape index (κ1) is 11.7. The van der Waals surface area contributed by atoms with Gasteiger partial charge in [0, 0.05) is 23.8 Å². The van der Waals surface area contributed by atoms with Gasteiger partial charge in [0.1, 0.15) is 0 Å². The van der Waals surface area contributed by atoms with Crippen LogP contribution in [0.4, 0.5) is 5.69 Å². The van der Waals surface area contributed by atoms with Crippen molar-refractivity contribution in [2.45, 2.75) is 25.3 Å². The van der Waals surface area contributed by atoms with E-state index in [4.69, 9.17) is 11.6 Å². The highest BCUT2D eigenvalue weighted by Crippen LogP contribution is 2.32. The Morgan fingerprint density at radius 3 is 3.06 bits per heavy atom. The smallest absolute Gasteiger partial charge is 0.0426 e. The monoisotopic (exact) mass is 238 g/mol. The molecule has 1 heterocycles. The fourth-order valence-electron chi connectivity index (χ4n) is 2.44. The molecule has 1 aromatic carbocycles. The maximum atomic E-state index is 6.06. The summed E-state index contributed by atoms with van der Waals surface area (Å²) in [5.41, 5.74) is 2.73. The Morgan fingerprint density at radius 2 is 2.31 bits per heavy atom. The summed E-state index contributed by atoms with van der Waals surface area (Å²) in [5, 5.41) is 4.05. The van der Waals surface area contributed by atoms with E-state index in [1.807, 2.05) is 13.1 Å². The third-order valence-corrected chi connectivity index (χ3v) is 3.68. The Balaban J connectivity index is 2.17. The van der Waals surface area contributed by atoms with Gasteiger partial charge < -0.3 is 10.2 Å². The molecule has 0 aliphatic carbocycles. The van der Waals surface area contributed by atoms with E-state index in [0.717, 1.165) is 11.6 Å². The minimum absolute atomic E-state index is 0.637. The number of anilines is 1. The summed E-state index contributed by atoms with van der Waals surface area (Å²) >= 11 is 6.06. The van der Waals surface area contributed by atoms with Crippen LogP contribution in [0.15, 0.2) is 18.2 Å². The van der Waals surface area contributed by atoms with E-state index in [9.17, 15) is 0 Å². The van der Waals surface area contributed by atoms with Crippen LogP contribution in [-0.2, 0) is 6.42 Å². The Bertz CT molecular complexity index is 365. The molecule has 2 rings (SSSR count). The van der Waals surface area contributed by atoms with Gasteiger partial charge >= 0.3 is 0 Å². The van der Waals surface area contributed by atoms with Crippen LogP contribution >= 0.6 is 11.6 Å². The van der Waals surface area contributed by atoms with E-state index in [2.05, 4.69) is 29.4 Å². The molecule has 0 fully saturated rings. The van der Waals surface area contributed by atoms with Crippen LogP contribution in [0.5, 0.6) is 0 Å². The average Bonchev–Trinajstić information content (AvgIpc) is 2.29. The first-order valence-corrected chi connectivity index (χ1v) is 6.26. The quantitative estimate of drug-likeness (QED) is 0.871. The summed E-state index contributed by atoms with van der Waals surface area (Å²) in [7, 11) is 4.18. The summed E-state index contributed by atoms with van der Waals surface area (Å²) in [6.45, 7) is 1.07. The van der Waals surface area contributed by atoms with Gasteiger partial charge in [0.2, 0.25) is 0 Å². The topological polar surface area (TPSA) is 15.3 Å². The van der Waals surface area contributed by atoms with Gasteiger partial charge in [0.05, 0.1) is 0 Å². The van der Waals surface area contributed by atoms with Crippen molar-refractivity contribution in [3.63, 3.8) is 0 Å². The van der Waals surface area contributed by atoms with Gasteiger partial charge in [-0.05, 0) is 50.6 Å². The molecule has 0 spiro atoms. The normalized spacial score (nSPS) is 19.7. The Kier molecular flexibility index (Phi) is 3.72. The summed E-state index contributed by atoms with van der Waals surface area (Å²) < 4.78 is 0. The summed E-state index contributed by atoms with van der Waals surface area (Å²) in [4.78, 5) is 2.38. The highest BCUT2D eigenvalue weighted by Gasteiger charge is 2.22. The molecule has 0 amide bonds. The molecule has 0 saturated carbocycles. The fourth-order valence-corrected chi connectivity index (χ4v) is 2.60. The van der Waals surface area contributed by atoms with Gasteiger partial charge in [-0.15, -0.1) is 0 Å². The van der Waals surface area contributed by atoms with E-state index >= 15 is 0 Å². The van der Waals surface area contributed by atoms with Crippen LogP contribution in [-0.4, -0.2) is 26.7 Å².